The first-order valence-corrected chi connectivity index (χ1v) is 7.87. The van der Waals surface area contributed by atoms with Crippen molar-refractivity contribution in [3.05, 3.63) is 34.9 Å². The van der Waals surface area contributed by atoms with Crippen LogP contribution in [0, 0.1) is 0 Å². The average Bonchev–Trinajstić information content (AvgIpc) is 2.47. The Kier molecular flexibility index (Phi) is 5.86. The van der Waals surface area contributed by atoms with Crippen molar-refractivity contribution < 1.29 is 4.79 Å². The summed E-state index contributed by atoms with van der Waals surface area (Å²) in [4.78, 5) is 12.2. The fraction of sp³-hybridized carbons (Fsp3) is 0.562. The maximum Gasteiger partial charge on any atom is 0.253 e. The first-order chi connectivity index (χ1) is 9.70. The maximum absolute atomic E-state index is 12.2. The topological polar surface area (TPSA) is 41.1 Å². The molecule has 1 aromatic carbocycles. The quantitative estimate of drug-likeness (QED) is 0.874. The van der Waals surface area contributed by atoms with Gasteiger partial charge in [-0.15, -0.1) is 0 Å². The summed E-state index contributed by atoms with van der Waals surface area (Å²) in [5, 5.41) is 7.17. The predicted molar refractivity (Wildman–Crippen MR) is 83.3 cm³/mol. The molecule has 0 spiro atoms. The summed E-state index contributed by atoms with van der Waals surface area (Å²) in [5.74, 6) is -0.0550. The minimum Gasteiger partial charge on any atom is -0.349 e. The number of amides is 1. The molecule has 4 heteroatoms. The molecule has 1 aromatic rings. The number of carbonyl (C=O) groups excluding carboxylic acids is 1. The highest BCUT2D eigenvalue weighted by Gasteiger charge is 2.22. The summed E-state index contributed by atoms with van der Waals surface area (Å²) < 4.78 is 0. The molecular weight excluding hydrogens is 272 g/mol. The van der Waals surface area contributed by atoms with E-state index in [1.165, 1.54) is 6.42 Å². The molecule has 1 aliphatic rings. The molecule has 0 bridgehead atoms. The molecule has 0 heterocycles. The van der Waals surface area contributed by atoms with Crippen LogP contribution in [-0.2, 0) is 0 Å². The number of hydrogen-bond acceptors (Lipinski definition) is 2. The van der Waals surface area contributed by atoms with Crippen molar-refractivity contribution in [1.29, 1.82) is 0 Å². The largest absolute Gasteiger partial charge is 0.349 e. The molecule has 0 aliphatic heterocycles. The van der Waals surface area contributed by atoms with Crippen LogP contribution in [0.2, 0.25) is 5.02 Å². The average molecular weight is 295 g/mol. The van der Waals surface area contributed by atoms with E-state index in [0.717, 1.165) is 32.2 Å². The van der Waals surface area contributed by atoms with Crippen LogP contribution in [-0.4, -0.2) is 24.5 Å². The second-order valence-electron chi connectivity index (χ2n) is 5.46. The highest BCUT2D eigenvalue weighted by Crippen LogP contribution is 2.20. The van der Waals surface area contributed by atoms with E-state index in [9.17, 15) is 4.79 Å². The smallest absolute Gasteiger partial charge is 0.253 e. The van der Waals surface area contributed by atoms with Crippen molar-refractivity contribution in [1.82, 2.24) is 10.6 Å². The Bertz CT molecular complexity index is 442. The van der Waals surface area contributed by atoms with Gasteiger partial charge in [-0.25, -0.2) is 0 Å². The second kappa shape index (κ2) is 7.65. The minimum atomic E-state index is -0.0550. The Labute approximate surface area is 126 Å². The summed E-state index contributed by atoms with van der Waals surface area (Å²) >= 11 is 6.05. The summed E-state index contributed by atoms with van der Waals surface area (Å²) in [7, 11) is 0. The van der Waals surface area contributed by atoms with Crippen LogP contribution < -0.4 is 10.6 Å². The molecule has 1 fully saturated rings. The van der Waals surface area contributed by atoms with Crippen molar-refractivity contribution in [3.63, 3.8) is 0 Å². The summed E-state index contributed by atoms with van der Waals surface area (Å²) in [6.07, 6.45) is 5.51. The molecule has 20 heavy (non-hydrogen) atoms. The molecule has 1 amide bonds. The molecule has 2 N–H and O–H groups in total. The maximum atomic E-state index is 12.2. The predicted octanol–water partition coefficient (Wildman–Crippen LogP) is 3.38. The van der Waals surface area contributed by atoms with E-state index in [1.54, 1.807) is 12.1 Å². The summed E-state index contributed by atoms with van der Waals surface area (Å²) in [6.45, 7) is 3.27. The van der Waals surface area contributed by atoms with E-state index in [-0.39, 0.29) is 11.9 Å². The molecule has 110 valence electrons. The zero-order chi connectivity index (χ0) is 14.4. The van der Waals surface area contributed by atoms with Crippen molar-refractivity contribution in [2.24, 2.45) is 0 Å². The summed E-state index contributed by atoms with van der Waals surface area (Å²) in [6, 6.07) is 8.09. The first kappa shape index (κ1) is 15.3. The number of hydrogen-bond donors (Lipinski definition) is 2. The van der Waals surface area contributed by atoms with Crippen LogP contribution in [0.4, 0.5) is 0 Å². The minimum absolute atomic E-state index is 0.0550. The SMILES string of the molecule is CCCNC1CCC(NC(=O)c2ccccc2Cl)CC1. The van der Waals surface area contributed by atoms with E-state index in [4.69, 9.17) is 11.6 Å². The van der Waals surface area contributed by atoms with Gasteiger partial charge in [0.05, 0.1) is 10.6 Å². The third-order valence-corrected chi connectivity index (χ3v) is 4.19. The molecule has 1 aliphatic carbocycles. The van der Waals surface area contributed by atoms with Crippen LogP contribution in [0.1, 0.15) is 49.4 Å². The van der Waals surface area contributed by atoms with Gasteiger partial charge < -0.3 is 10.6 Å². The molecular formula is C16H23ClN2O. The number of rotatable bonds is 5. The number of benzene rings is 1. The lowest BCUT2D eigenvalue weighted by Gasteiger charge is -2.29. The molecule has 0 aromatic heterocycles. The van der Waals surface area contributed by atoms with Gasteiger partial charge in [0.1, 0.15) is 0 Å². The molecule has 3 nitrogen and oxygen atoms in total. The van der Waals surface area contributed by atoms with Gasteiger partial charge in [0.15, 0.2) is 0 Å². The van der Waals surface area contributed by atoms with E-state index in [2.05, 4.69) is 17.6 Å². The lowest BCUT2D eigenvalue weighted by molar-refractivity contribution is 0.0924. The third-order valence-electron chi connectivity index (χ3n) is 3.86. The second-order valence-corrected chi connectivity index (χ2v) is 5.86. The number of carbonyl (C=O) groups is 1. The number of halogens is 1. The van der Waals surface area contributed by atoms with Crippen LogP contribution in [0.5, 0.6) is 0 Å². The highest BCUT2D eigenvalue weighted by molar-refractivity contribution is 6.33. The Morgan fingerprint density at radius 2 is 1.85 bits per heavy atom. The standard InChI is InChI=1S/C16H23ClN2O/c1-2-11-18-12-7-9-13(10-8-12)19-16(20)14-5-3-4-6-15(14)17/h3-6,12-13,18H,2,7-11H2,1H3,(H,19,20). The van der Waals surface area contributed by atoms with Crippen molar-refractivity contribution in [2.45, 2.75) is 51.1 Å². The van der Waals surface area contributed by atoms with Crippen LogP contribution in [0.3, 0.4) is 0 Å². The Balaban J connectivity index is 1.81. The van der Waals surface area contributed by atoms with Gasteiger partial charge in [-0.05, 0) is 50.8 Å². The molecule has 0 unspecified atom stereocenters. The van der Waals surface area contributed by atoms with Gasteiger partial charge in [0.25, 0.3) is 5.91 Å². The van der Waals surface area contributed by atoms with Gasteiger partial charge >= 0.3 is 0 Å². The zero-order valence-corrected chi connectivity index (χ0v) is 12.7. The molecule has 0 atom stereocenters. The summed E-state index contributed by atoms with van der Waals surface area (Å²) in [5.41, 5.74) is 0.570. The third kappa shape index (κ3) is 4.22. The Hall–Kier alpha value is -1.06. The molecule has 2 rings (SSSR count). The van der Waals surface area contributed by atoms with Crippen LogP contribution >= 0.6 is 11.6 Å². The lowest BCUT2D eigenvalue weighted by atomic mass is 9.91. The lowest BCUT2D eigenvalue weighted by Crippen LogP contribution is -2.42. The van der Waals surface area contributed by atoms with Crippen LogP contribution in [0.15, 0.2) is 24.3 Å². The van der Waals surface area contributed by atoms with Crippen molar-refractivity contribution in [2.75, 3.05) is 6.54 Å². The van der Waals surface area contributed by atoms with Gasteiger partial charge in [0.2, 0.25) is 0 Å². The molecule has 1 saturated carbocycles. The Morgan fingerprint density at radius 3 is 2.50 bits per heavy atom. The van der Waals surface area contributed by atoms with E-state index in [0.29, 0.717) is 16.6 Å². The van der Waals surface area contributed by atoms with Gasteiger partial charge in [-0.2, -0.15) is 0 Å². The molecule has 0 saturated heterocycles. The fourth-order valence-electron chi connectivity index (χ4n) is 2.70. The highest BCUT2D eigenvalue weighted by atomic mass is 35.5. The number of nitrogens with one attached hydrogen (secondary N) is 2. The van der Waals surface area contributed by atoms with Gasteiger partial charge in [-0.1, -0.05) is 30.7 Å². The van der Waals surface area contributed by atoms with Crippen molar-refractivity contribution in [3.8, 4) is 0 Å². The monoisotopic (exact) mass is 294 g/mol. The fourth-order valence-corrected chi connectivity index (χ4v) is 2.92. The van der Waals surface area contributed by atoms with Crippen LogP contribution in [0.25, 0.3) is 0 Å². The normalized spacial score (nSPS) is 22.5. The zero-order valence-electron chi connectivity index (χ0n) is 12.0. The van der Waals surface area contributed by atoms with Crippen molar-refractivity contribution >= 4 is 17.5 Å². The molecule has 0 radical (unpaired) electrons. The van der Waals surface area contributed by atoms with E-state index >= 15 is 0 Å². The van der Waals surface area contributed by atoms with E-state index < -0.39 is 0 Å². The first-order valence-electron chi connectivity index (χ1n) is 7.49. The van der Waals surface area contributed by atoms with E-state index in [1.807, 2.05) is 12.1 Å². The van der Waals surface area contributed by atoms with Gasteiger partial charge in [0, 0.05) is 12.1 Å². The van der Waals surface area contributed by atoms with Gasteiger partial charge in [-0.3, -0.25) is 4.79 Å². The Morgan fingerprint density at radius 1 is 1.20 bits per heavy atom.